The third kappa shape index (κ3) is 4.89. The van der Waals surface area contributed by atoms with E-state index in [9.17, 15) is 14.0 Å². The predicted octanol–water partition coefficient (Wildman–Crippen LogP) is 4.87. The summed E-state index contributed by atoms with van der Waals surface area (Å²) in [5.41, 5.74) is 1.74. The van der Waals surface area contributed by atoms with Crippen molar-refractivity contribution >= 4 is 23.1 Å². The largest absolute Gasteiger partial charge is 0.459 e. The fraction of sp³-hybridized carbons (Fsp3) is 0.250. The lowest BCUT2D eigenvalue weighted by Crippen LogP contribution is -2.08. The number of aromatic nitrogens is 1. The van der Waals surface area contributed by atoms with E-state index in [0.717, 1.165) is 9.75 Å². The number of rotatable bonds is 7. The number of hydrogen-bond acceptors (Lipinski definition) is 6. The molecule has 0 N–H and O–H groups in total. The molecule has 27 heavy (non-hydrogen) atoms. The van der Waals surface area contributed by atoms with Crippen LogP contribution in [0, 0.1) is 19.7 Å². The van der Waals surface area contributed by atoms with Crippen LogP contribution in [0.15, 0.2) is 41.0 Å². The van der Waals surface area contributed by atoms with Crippen LogP contribution in [0.1, 0.15) is 38.6 Å². The molecular formula is C20H18FNO4S. The summed E-state index contributed by atoms with van der Waals surface area (Å²) in [5, 5.41) is 0. The van der Waals surface area contributed by atoms with Gasteiger partial charge in [-0.25, -0.2) is 9.37 Å². The van der Waals surface area contributed by atoms with Crippen molar-refractivity contribution in [1.29, 1.82) is 0 Å². The summed E-state index contributed by atoms with van der Waals surface area (Å²) < 4.78 is 23.4. The van der Waals surface area contributed by atoms with Crippen molar-refractivity contribution in [3.63, 3.8) is 0 Å². The number of carbonyl (C=O) groups excluding carboxylic acids is 2. The first-order chi connectivity index (χ1) is 12.9. The first kappa shape index (κ1) is 19.0. The van der Waals surface area contributed by atoms with Gasteiger partial charge < -0.3 is 9.15 Å². The Balaban J connectivity index is 1.49. The SMILES string of the molecule is Cc1cc(C(=O)CCC(=O)OCc2coc(-c3ccc(F)cc3)n2)c(C)s1. The van der Waals surface area contributed by atoms with Gasteiger partial charge in [0.25, 0.3) is 0 Å². The van der Waals surface area contributed by atoms with Crippen LogP contribution in [-0.2, 0) is 16.1 Å². The van der Waals surface area contributed by atoms with E-state index in [1.807, 2.05) is 19.9 Å². The van der Waals surface area contributed by atoms with E-state index in [4.69, 9.17) is 9.15 Å². The fourth-order valence-electron chi connectivity index (χ4n) is 2.58. The molecule has 0 fully saturated rings. The molecule has 3 aromatic rings. The van der Waals surface area contributed by atoms with Crippen molar-refractivity contribution in [2.45, 2.75) is 33.3 Å². The van der Waals surface area contributed by atoms with Gasteiger partial charge in [-0.3, -0.25) is 9.59 Å². The lowest BCUT2D eigenvalue weighted by atomic mass is 10.1. The lowest BCUT2D eigenvalue weighted by molar-refractivity contribution is -0.145. The normalized spacial score (nSPS) is 10.8. The summed E-state index contributed by atoms with van der Waals surface area (Å²) in [4.78, 5) is 30.3. The Morgan fingerprint density at radius 1 is 1.19 bits per heavy atom. The molecule has 0 bridgehead atoms. The zero-order valence-electron chi connectivity index (χ0n) is 15.0. The van der Waals surface area contributed by atoms with Crippen LogP contribution in [0.25, 0.3) is 11.5 Å². The van der Waals surface area contributed by atoms with Crippen LogP contribution in [0.4, 0.5) is 4.39 Å². The summed E-state index contributed by atoms with van der Waals surface area (Å²) in [7, 11) is 0. The van der Waals surface area contributed by atoms with Gasteiger partial charge in [-0.05, 0) is 44.2 Å². The number of hydrogen-bond donors (Lipinski definition) is 0. The number of halogens is 1. The number of aryl methyl sites for hydroxylation is 2. The molecule has 0 aliphatic carbocycles. The van der Waals surface area contributed by atoms with Crippen LogP contribution in [0.3, 0.4) is 0 Å². The highest BCUT2D eigenvalue weighted by Gasteiger charge is 2.15. The van der Waals surface area contributed by atoms with Gasteiger partial charge in [-0.1, -0.05) is 0 Å². The molecule has 0 aliphatic heterocycles. The fourth-order valence-corrected chi connectivity index (χ4v) is 3.53. The van der Waals surface area contributed by atoms with Crippen LogP contribution in [-0.4, -0.2) is 16.7 Å². The second kappa shape index (κ2) is 8.26. The van der Waals surface area contributed by atoms with Crippen molar-refractivity contribution in [1.82, 2.24) is 4.98 Å². The van der Waals surface area contributed by atoms with Gasteiger partial charge in [0.15, 0.2) is 5.78 Å². The molecule has 0 saturated carbocycles. The van der Waals surface area contributed by atoms with Gasteiger partial charge in [0, 0.05) is 27.3 Å². The molecule has 3 rings (SSSR count). The minimum absolute atomic E-state index is 0.00976. The Morgan fingerprint density at radius 3 is 2.59 bits per heavy atom. The maximum atomic E-state index is 12.9. The number of carbonyl (C=O) groups is 2. The second-order valence-corrected chi connectivity index (χ2v) is 7.52. The van der Waals surface area contributed by atoms with E-state index in [1.54, 1.807) is 23.5 Å². The number of ether oxygens (including phenoxy) is 1. The third-order valence-corrected chi connectivity index (χ3v) is 4.89. The van der Waals surface area contributed by atoms with Gasteiger partial charge in [-0.2, -0.15) is 0 Å². The quantitative estimate of drug-likeness (QED) is 0.427. The molecule has 0 atom stereocenters. The van der Waals surface area contributed by atoms with Crippen LogP contribution in [0.2, 0.25) is 0 Å². The highest BCUT2D eigenvalue weighted by Crippen LogP contribution is 2.22. The predicted molar refractivity (Wildman–Crippen MR) is 99.1 cm³/mol. The van der Waals surface area contributed by atoms with Crippen molar-refractivity contribution in [3.8, 4) is 11.5 Å². The standard InChI is InChI=1S/C20H18FNO4S/c1-12-9-17(13(2)27-12)18(23)7-8-19(24)25-10-16-11-26-20(22-16)14-3-5-15(21)6-4-14/h3-6,9,11H,7-8,10H2,1-2H3. The molecule has 5 nitrogen and oxygen atoms in total. The number of nitrogens with zero attached hydrogens (tertiary/aromatic N) is 1. The van der Waals surface area contributed by atoms with Crippen molar-refractivity contribution in [3.05, 3.63) is 63.4 Å². The average molecular weight is 387 g/mol. The van der Waals surface area contributed by atoms with Gasteiger partial charge in [0.1, 0.15) is 24.4 Å². The van der Waals surface area contributed by atoms with Crippen molar-refractivity contribution < 1.29 is 23.1 Å². The second-order valence-electron chi connectivity index (χ2n) is 6.06. The highest BCUT2D eigenvalue weighted by molar-refractivity contribution is 7.12. The Morgan fingerprint density at radius 2 is 1.93 bits per heavy atom. The molecule has 0 aliphatic rings. The number of esters is 1. The van der Waals surface area contributed by atoms with Crippen LogP contribution < -0.4 is 0 Å². The van der Waals surface area contributed by atoms with E-state index < -0.39 is 5.97 Å². The number of ketones is 1. The average Bonchev–Trinajstić information content (AvgIpc) is 3.24. The molecule has 0 spiro atoms. The molecule has 1 aromatic carbocycles. The van der Waals surface area contributed by atoms with E-state index in [1.165, 1.54) is 18.4 Å². The number of oxazole rings is 1. The monoisotopic (exact) mass is 387 g/mol. The van der Waals surface area contributed by atoms with Gasteiger partial charge in [0.2, 0.25) is 5.89 Å². The summed E-state index contributed by atoms with van der Waals surface area (Å²) in [5.74, 6) is -0.561. The Kier molecular flexibility index (Phi) is 5.81. The molecule has 7 heteroatoms. The van der Waals surface area contributed by atoms with Gasteiger partial charge >= 0.3 is 5.97 Å². The van der Waals surface area contributed by atoms with Gasteiger partial charge in [0.05, 0.1) is 6.42 Å². The smallest absolute Gasteiger partial charge is 0.306 e. The first-order valence-electron chi connectivity index (χ1n) is 8.38. The zero-order chi connectivity index (χ0) is 19.4. The maximum absolute atomic E-state index is 12.9. The number of thiophene rings is 1. The topological polar surface area (TPSA) is 69.4 Å². The van der Waals surface area contributed by atoms with E-state index >= 15 is 0 Å². The highest BCUT2D eigenvalue weighted by atomic mass is 32.1. The van der Waals surface area contributed by atoms with Gasteiger partial charge in [-0.15, -0.1) is 11.3 Å². The van der Waals surface area contributed by atoms with Crippen LogP contribution in [0.5, 0.6) is 0 Å². The summed E-state index contributed by atoms with van der Waals surface area (Å²) in [6, 6.07) is 7.58. The first-order valence-corrected chi connectivity index (χ1v) is 9.20. The van der Waals surface area contributed by atoms with Crippen molar-refractivity contribution in [2.24, 2.45) is 0 Å². The molecule has 0 amide bonds. The van der Waals surface area contributed by atoms with E-state index in [0.29, 0.717) is 22.7 Å². The number of Topliss-reactive ketones (excluding diaryl/α,β-unsaturated/α-hetero) is 1. The van der Waals surface area contributed by atoms with Crippen LogP contribution >= 0.6 is 11.3 Å². The van der Waals surface area contributed by atoms with E-state index in [-0.39, 0.29) is 31.0 Å². The summed E-state index contributed by atoms with van der Waals surface area (Å²) >= 11 is 1.56. The summed E-state index contributed by atoms with van der Waals surface area (Å²) in [6.07, 6.45) is 1.50. The minimum atomic E-state index is -0.473. The van der Waals surface area contributed by atoms with Crippen molar-refractivity contribution in [2.75, 3.05) is 0 Å². The summed E-state index contributed by atoms with van der Waals surface area (Å²) in [6.45, 7) is 3.79. The Labute approximate surface area is 159 Å². The maximum Gasteiger partial charge on any atom is 0.306 e. The molecule has 0 radical (unpaired) electrons. The molecule has 140 valence electrons. The zero-order valence-corrected chi connectivity index (χ0v) is 15.8. The Bertz CT molecular complexity index is 959. The third-order valence-electron chi connectivity index (χ3n) is 3.92. The molecular weight excluding hydrogens is 369 g/mol. The number of benzene rings is 1. The molecule has 2 aromatic heterocycles. The van der Waals surface area contributed by atoms with E-state index in [2.05, 4.69) is 4.98 Å². The Hall–Kier alpha value is -2.80. The molecule has 2 heterocycles. The molecule has 0 unspecified atom stereocenters. The lowest BCUT2D eigenvalue weighted by Gasteiger charge is -2.02. The molecule has 0 saturated heterocycles. The minimum Gasteiger partial charge on any atom is -0.459 e.